The Morgan fingerprint density at radius 1 is 1.19 bits per heavy atom. The first kappa shape index (κ1) is 17.7. The predicted molar refractivity (Wildman–Crippen MR) is 103 cm³/mol. The minimum atomic E-state index is -0.272. The van der Waals surface area contributed by atoms with Crippen molar-refractivity contribution >= 4 is 11.6 Å². The molecule has 2 aromatic carbocycles. The molecule has 6 heteroatoms. The van der Waals surface area contributed by atoms with Crippen molar-refractivity contribution in [2.75, 3.05) is 5.32 Å². The molecule has 5 nitrogen and oxygen atoms in total. The summed E-state index contributed by atoms with van der Waals surface area (Å²) in [5, 5.41) is 7.53. The lowest BCUT2D eigenvalue weighted by atomic mass is 10.0. The topological polar surface area (TPSA) is 68.2 Å². The van der Waals surface area contributed by atoms with Crippen LogP contribution in [-0.2, 0) is 6.54 Å². The zero-order valence-corrected chi connectivity index (χ0v) is 14.9. The van der Waals surface area contributed by atoms with Gasteiger partial charge >= 0.3 is 0 Å². The Bertz CT molecular complexity index is 897. The van der Waals surface area contributed by atoms with E-state index < -0.39 is 0 Å². The van der Waals surface area contributed by atoms with E-state index in [0.717, 1.165) is 17.1 Å². The van der Waals surface area contributed by atoms with E-state index in [1.165, 1.54) is 17.7 Å². The highest BCUT2D eigenvalue weighted by molar-refractivity contribution is 5.92. The number of rotatable bonds is 5. The molecule has 0 bridgehead atoms. The second-order valence-corrected chi connectivity index (χ2v) is 6.33. The molecule has 0 aliphatic rings. The van der Waals surface area contributed by atoms with Gasteiger partial charge in [-0.1, -0.05) is 26.0 Å². The van der Waals surface area contributed by atoms with Gasteiger partial charge in [0.2, 0.25) is 0 Å². The monoisotopic (exact) mass is 351 g/mol. The van der Waals surface area contributed by atoms with E-state index in [0.29, 0.717) is 18.4 Å². The van der Waals surface area contributed by atoms with Gasteiger partial charge in [-0.05, 0) is 53.9 Å². The van der Waals surface area contributed by atoms with Crippen molar-refractivity contribution in [2.24, 2.45) is 10.7 Å². The Balaban J connectivity index is 1.64. The first-order chi connectivity index (χ1) is 12.5. The number of benzene rings is 2. The van der Waals surface area contributed by atoms with Crippen LogP contribution >= 0.6 is 0 Å². The summed E-state index contributed by atoms with van der Waals surface area (Å²) in [4.78, 5) is 4.33. The van der Waals surface area contributed by atoms with E-state index in [9.17, 15) is 4.39 Å². The zero-order valence-electron chi connectivity index (χ0n) is 14.9. The number of guanidine groups is 1. The normalized spacial score (nSPS) is 11.8. The van der Waals surface area contributed by atoms with Crippen molar-refractivity contribution in [3.63, 3.8) is 0 Å². The van der Waals surface area contributed by atoms with Gasteiger partial charge in [0.15, 0.2) is 5.96 Å². The summed E-state index contributed by atoms with van der Waals surface area (Å²) in [7, 11) is 0. The second kappa shape index (κ2) is 7.82. The Kier molecular flexibility index (Phi) is 5.31. The molecule has 0 radical (unpaired) electrons. The number of nitrogens with two attached hydrogens (primary N) is 1. The highest BCUT2D eigenvalue weighted by Gasteiger charge is 2.03. The van der Waals surface area contributed by atoms with Crippen LogP contribution in [-0.4, -0.2) is 15.7 Å². The molecular weight excluding hydrogens is 329 g/mol. The smallest absolute Gasteiger partial charge is 0.193 e. The molecule has 3 rings (SSSR count). The number of anilines is 1. The van der Waals surface area contributed by atoms with Crippen molar-refractivity contribution in [2.45, 2.75) is 26.3 Å². The number of nitrogens with zero attached hydrogens (tertiary/aromatic N) is 3. The van der Waals surface area contributed by atoms with Gasteiger partial charge in [-0.15, -0.1) is 0 Å². The molecule has 0 amide bonds. The third-order valence-corrected chi connectivity index (χ3v) is 3.97. The van der Waals surface area contributed by atoms with E-state index in [-0.39, 0.29) is 5.82 Å². The summed E-state index contributed by atoms with van der Waals surface area (Å²) in [6, 6.07) is 16.1. The van der Waals surface area contributed by atoms with Crippen molar-refractivity contribution in [1.82, 2.24) is 9.78 Å². The molecule has 0 unspecified atom stereocenters. The summed E-state index contributed by atoms with van der Waals surface area (Å²) >= 11 is 0. The Morgan fingerprint density at radius 2 is 1.96 bits per heavy atom. The lowest BCUT2D eigenvalue weighted by Gasteiger charge is -2.09. The van der Waals surface area contributed by atoms with Gasteiger partial charge in [-0.2, -0.15) is 5.10 Å². The molecule has 0 aliphatic carbocycles. The molecule has 26 heavy (non-hydrogen) atoms. The number of hydrogen-bond donors (Lipinski definition) is 2. The fourth-order valence-corrected chi connectivity index (χ4v) is 2.51. The van der Waals surface area contributed by atoms with Crippen molar-refractivity contribution < 1.29 is 4.39 Å². The zero-order chi connectivity index (χ0) is 18.5. The molecule has 0 aliphatic heterocycles. The molecule has 0 saturated carbocycles. The average Bonchev–Trinajstić information content (AvgIpc) is 3.10. The van der Waals surface area contributed by atoms with Crippen molar-refractivity contribution in [3.05, 3.63) is 77.9 Å². The van der Waals surface area contributed by atoms with Crippen LogP contribution in [0.2, 0.25) is 0 Å². The van der Waals surface area contributed by atoms with Crippen LogP contribution in [0.4, 0.5) is 10.1 Å². The first-order valence-corrected chi connectivity index (χ1v) is 8.48. The molecule has 0 saturated heterocycles. The van der Waals surface area contributed by atoms with Gasteiger partial charge in [0.05, 0.1) is 17.9 Å². The van der Waals surface area contributed by atoms with Crippen LogP contribution in [0.5, 0.6) is 0 Å². The second-order valence-electron chi connectivity index (χ2n) is 6.33. The summed E-state index contributed by atoms with van der Waals surface area (Å²) in [6.07, 6.45) is 1.81. The molecular formula is C20H22FN5. The van der Waals surface area contributed by atoms with Gasteiger partial charge in [0.25, 0.3) is 0 Å². The molecule has 0 fully saturated rings. The molecule has 3 aromatic rings. The highest BCUT2D eigenvalue weighted by atomic mass is 19.1. The first-order valence-electron chi connectivity index (χ1n) is 8.48. The van der Waals surface area contributed by atoms with E-state index >= 15 is 0 Å². The van der Waals surface area contributed by atoms with Gasteiger partial charge in [0, 0.05) is 11.9 Å². The Hall–Kier alpha value is -3.15. The average molecular weight is 351 g/mol. The lowest BCUT2D eigenvalue weighted by Crippen LogP contribution is -2.22. The van der Waals surface area contributed by atoms with Gasteiger partial charge in [-0.25, -0.2) is 14.1 Å². The molecule has 134 valence electrons. The quantitative estimate of drug-likeness (QED) is 0.538. The molecule has 1 heterocycles. The third-order valence-electron chi connectivity index (χ3n) is 3.97. The maximum atomic E-state index is 13.0. The third kappa shape index (κ3) is 4.47. The minimum absolute atomic E-state index is 0.272. The molecule has 1 aromatic heterocycles. The van der Waals surface area contributed by atoms with E-state index in [1.807, 2.05) is 24.4 Å². The number of aromatic nitrogens is 2. The summed E-state index contributed by atoms with van der Waals surface area (Å²) < 4.78 is 14.7. The molecule has 0 atom stereocenters. The fraction of sp³-hybridized carbons (Fsp3) is 0.200. The summed E-state index contributed by atoms with van der Waals surface area (Å²) in [5.74, 6) is 0.513. The molecule has 0 spiro atoms. The number of halogens is 1. The van der Waals surface area contributed by atoms with Crippen LogP contribution in [0.1, 0.15) is 31.0 Å². The number of hydrogen-bond acceptors (Lipinski definition) is 2. The fourth-order valence-electron chi connectivity index (χ4n) is 2.51. The Morgan fingerprint density at radius 3 is 2.69 bits per heavy atom. The number of nitrogens with one attached hydrogen (secondary N) is 1. The molecule has 3 N–H and O–H groups in total. The van der Waals surface area contributed by atoms with Crippen LogP contribution in [0.15, 0.2) is 65.8 Å². The summed E-state index contributed by atoms with van der Waals surface area (Å²) in [5.41, 5.74) is 9.69. The lowest BCUT2D eigenvalue weighted by molar-refractivity contribution is 0.627. The van der Waals surface area contributed by atoms with E-state index in [1.54, 1.807) is 16.8 Å². The van der Waals surface area contributed by atoms with Crippen molar-refractivity contribution in [3.8, 4) is 5.69 Å². The van der Waals surface area contributed by atoms with Gasteiger partial charge < -0.3 is 11.1 Å². The van der Waals surface area contributed by atoms with Gasteiger partial charge in [-0.3, -0.25) is 0 Å². The van der Waals surface area contributed by atoms with Crippen molar-refractivity contribution in [1.29, 1.82) is 0 Å². The SMILES string of the molecule is CC(C)c1cccc(NC(N)=NCc2ccn(-c3ccc(F)cc3)n2)c1. The highest BCUT2D eigenvalue weighted by Crippen LogP contribution is 2.18. The van der Waals surface area contributed by atoms with Crippen LogP contribution in [0.25, 0.3) is 5.69 Å². The standard InChI is InChI=1S/C20H22FN5/c1-14(2)15-4-3-5-17(12-15)24-20(22)23-13-18-10-11-26(25-18)19-8-6-16(21)7-9-19/h3-12,14H,13H2,1-2H3,(H3,22,23,24). The van der Waals surface area contributed by atoms with Crippen LogP contribution in [0.3, 0.4) is 0 Å². The minimum Gasteiger partial charge on any atom is -0.370 e. The summed E-state index contributed by atoms with van der Waals surface area (Å²) in [6.45, 7) is 4.65. The van der Waals surface area contributed by atoms with E-state index in [4.69, 9.17) is 5.73 Å². The maximum absolute atomic E-state index is 13.0. The maximum Gasteiger partial charge on any atom is 0.193 e. The number of aliphatic imine (C=N–C) groups is 1. The van der Waals surface area contributed by atoms with Crippen LogP contribution < -0.4 is 11.1 Å². The Labute approximate surface area is 152 Å². The largest absolute Gasteiger partial charge is 0.370 e. The van der Waals surface area contributed by atoms with Gasteiger partial charge in [0.1, 0.15) is 5.82 Å². The van der Waals surface area contributed by atoms with E-state index in [2.05, 4.69) is 41.4 Å². The predicted octanol–water partition coefficient (Wildman–Crippen LogP) is 4.06. The van der Waals surface area contributed by atoms with Crippen LogP contribution in [0, 0.1) is 5.82 Å².